The monoisotopic (exact) mass is 272 g/mol. The maximum atomic E-state index is 3.51. The van der Waals surface area contributed by atoms with E-state index in [0.29, 0.717) is 0 Å². The van der Waals surface area contributed by atoms with Crippen LogP contribution in [0.25, 0.3) is 0 Å². The van der Waals surface area contributed by atoms with Gasteiger partial charge in [0.2, 0.25) is 0 Å². The first-order chi connectivity index (χ1) is 10.4. The van der Waals surface area contributed by atoms with Crippen LogP contribution in [0.5, 0.6) is 0 Å². The minimum Gasteiger partial charge on any atom is -0.352 e. The molecule has 2 nitrogen and oxygen atoms in total. The fourth-order valence-corrected chi connectivity index (χ4v) is 2.84. The van der Waals surface area contributed by atoms with Crippen molar-refractivity contribution >= 4 is 22.7 Å². The SMILES string of the molecule is c1ccc(CN2c3ccccc3Nc3ccccc32)cc1. The van der Waals surface area contributed by atoms with E-state index in [4.69, 9.17) is 0 Å². The Morgan fingerprint density at radius 2 is 1.14 bits per heavy atom. The van der Waals surface area contributed by atoms with Crippen LogP contribution in [0.4, 0.5) is 22.7 Å². The smallest absolute Gasteiger partial charge is 0.0653 e. The van der Waals surface area contributed by atoms with E-state index < -0.39 is 0 Å². The lowest BCUT2D eigenvalue weighted by Crippen LogP contribution is -2.22. The van der Waals surface area contributed by atoms with Crippen LogP contribution in [0.1, 0.15) is 5.56 Å². The number of benzene rings is 3. The van der Waals surface area contributed by atoms with Crippen molar-refractivity contribution in [2.75, 3.05) is 10.2 Å². The second-order valence-electron chi connectivity index (χ2n) is 5.23. The summed E-state index contributed by atoms with van der Waals surface area (Å²) >= 11 is 0. The van der Waals surface area contributed by atoms with Gasteiger partial charge in [0.25, 0.3) is 0 Å². The van der Waals surface area contributed by atoms with Gasteiger partial charge in [-0.25, -0.2) is 0 Å². The van der Waals surface area contributed by atoms with Gasteiger partial charge in [0.1, 0.15) is 0 Å². The molecule has 0 amide bonds. The number of nitrogens with one attached hydrogen (secondary N) is 1. The zero-order valence-corrected chi connectivity index (χ0v) is 11.7. The number of anilines is 4. The van der Waals surface area contributed by atoms with E-state index in [1.807, 2.05) is 0 Å². The summed E-state index contributed by atoms with van der Waals surface area (Å²) in [5, 5.41) is 3.51. The molecule has 0 saturated heterocycles. The third-order valence-corrected chi connectivity index (χ3v) is 3.84. The zero-order valence-electron chi connectivity index (χ0n) is 11.7. The molecule has 0 saturated carbocycles. The quantitative estimate of drug-likeness (QED) is 0.699. The van der Waals surface area contributed by atoms with Crippen molar-refractivity contribution in [2.24, 2.45) is 0 Å². The summed E-state index contributed by atoms with van der Waals surface area (Å²) < 4.78 is 0. The third-order valence-electron chi connectivity index (χ3n) is 3.84. The van der Waals surface area contributed by atoms with Crippen molar-refractivity contribution in [1.29, 1.82) is 0 Å². The van der Waals surface area contributed by atoms with Gasteiger partial charge in [0, 0.05) is 6.54 Å². The van der Waals surface area contributed by atoms with Gasteiger partial charge < -0.3 is 10.2 Å². The first-order valence-electron chi connectivity index (χ1n) is 7.18. The van der Waals surface area contributed by atoms with E-state index in [-0.39, 0.29) is 0 Å². The average molecular weight is 272 g/mol. The molecule has 21 heavy (non-hydrogen) atoms. The van der Waals surface area contributed by atoms with Crippen LogP contribution in [0.3, 0.4) is 0 Å². The van der Waals surface area contributed by atoms with E-state index in [2.05, 4.69) is 89.1 Å². The van der Waals surface area contributed by atoms with Gasteiger partial charge in [-0.2, -0.15) is 0 Å². The fourth-order valence-electron chi connectivity index (χ4n) is 2.84. The Hall–Kier alpha value is -2.74. The van der Waals surface area contributed by atoms with Crippen LogP contribution in [-0.2, 0) is 6.54 Å². The highest BCUT2D eigenvalue weighted by atomic mass is 15.2. The van der Waals surface area contributed by atoms with Crippen LogP contribution in [-0.4, -0.2) is 0 Å². The van der Waals surface area contributed by atoms with E-state index in [0.717, 1.165) is 17.9 Å². The average Bonchev–Trinajstić information content (AvgIpc) is 2.55. The molecule has 0 atom stereocenters. The van der Waals surface area contributed by atoms with Gasteiger partial charge in [-0.3, -0.25) is 0 Å². The van der Waals surface area contributed by atoms with Crippen LogP contribution in [0, 0.1) is 0 Å². The summed E-state index contributed by atoms with van der Waals surface area (Å²) in [6, 6.07) is 27.5. The first kappa shape index (κ1) is 12.0. The lowest BCUT2D eigenvalue weighted by Gasteiger charge is -2.34. The van der Waals surface area contributed by atoms with Crippen molar-refractivity contribution in [2.45, 2.75) is 6.54 Å². The second-order valence-corrected chi connectivity index (χ2v) is 5.23. The molecule has 0 bridgehead atoms. The lowest BCUT2D eigenvalue weighted by atomic mass is 10.1. The summed E-state index contributed by atoms with van der Waals surface area (Å²) in [6.45, 7) is 0.872. The predicted molar refractivity (Wildman–Crippen MR) is 88.5 cm³/mol. The summed E-state index contributed by atoms with van der Waals surface area (Å²) in [4.78, 5) is 2.37. The molecular formula is C19H16N2. The van der Waals surface area contributed by atoms with Gasteiger partial charge in [-0.05, 0) is 29.8 Å². The molecule has 1 aliphatic heterocycles. The number of hydrogen-bond acceptors (Lipinski definition) is 2. The van der Waals surface area contributed by atoms with E-state index in [1.165, 1.54) is 16.9 Å². The Bertz CT molecular complexity index is 720. The van der Waals surface area contributed by atoms with Crippen LogP contribution >= 0.6 is 0 Å². The normalized spacial score (nSPS) is 12.3. The molecule has 0 aromatic heterocycles. The molecule has 0 radical (unpaired) electrons. The largest absolute Gasteiger partial charge is 0.352 e. The summed E-state index contributed by atoms with van der Waals surface area (Å²) in [5.74, 6) is 0. The maximum Gasteiger partial charge on any atom is 0.0653 e. The Morgan fingerprint density at radius 1 is 0.619 bits per heavy atom. The Kier molecular flexibility index (Phi) is 2.86. The lowest BCUT2D eigenvalue weighted by molar-refractivity contribution is 0.969. The van der Waals surface area contributed by atoms with Gasteiger partial charge in [0.15, 0.2) is 0 Å². The zero-order chi connectivity index (χ0) is 14.1. The number of fused-ring (bicyclic) bond motifs is 2. The van der Waals surface area contributed by atoms with Gasteiger partial charge in [-0.15, -0.1) is 0 Å². The third kappa shape index (κ3) is 2.15. The highest BCUT2D eigenvalue weighted by Crippen LogP contribution is 2.43. The molecule has 3 aromatic carbocycles. The molecule has 1 heterocycles. The highest BCUT2D eigenvalue weighted by molar-refractivity contribution is 5.91. The van der Waals surface area contributed by atoms with E-state index in [9.17, 15) is 0 Å². The summed E-state index contributed by atoms with van der Waals surface area (Å²) in [5.41, 5.74) is 6.07. The van der Waals surface area contributed by atoms with Crippen LogP contribution in [0.15, 0.2) is 78.9 Å². The van der Waals surface area contributed by atoms with E-state index in [1.54, 1.807) is 0 Å². The maximum absolute atomic E-state index is 3.51. The minimum atomic E-state index is 0.872. The predicted octanol–water partition coefficient (Wildman–Crippen LogP) is 5.08. The molecular weight excluding hydrogens is 256 g/mol. The standard InChI is InChI=1S/C19H16N2/c1-2-8-15(9-3-1)14-21-18-12-6-4-10-16(18)20-17-11-5-7-13-19(17)21/h1-13,20H,14H2. The molecule has 2 heteroatoms. The van der Waals surface area contributed by atoms with Gasteiger partial charge in [0.05, 0.1) is 22.7 Å². The van der Waals surface area contributed by atoms with Crippen molar-refractivity contribution in [3.8, 4) is 0 Å². The fraction of sp³-hybridized carbons (Fsp3) is 0.0526. The Balaban J connectivity index is 1.82. The minimum absolute atomic E-state index is 0.872. The van der Waals surface area contributed by atoms with Crippen molar-refractivity contribution in [3.05, 3.63) is 84.4 Å². The number of nitrogens with zero attached hydrogens (tertiary/aromatic N) is 1. The number of hydrogen-bond donors (Lipinski definition) is 1. The molecule has 4 rings (SSSR count). The Morgan fingerprint density at radius 3 is 1.76 bits per heavy atom. The van der Waals surface area contributed by atoms with Crippen molar-refractivity contribution in [3.63, 3.8) is 0 Å². The summed E-state index contributed by atoms with van der Waals surface area (Å²) in [6.07, 6.45) is 0. The van der Waals surface area contributed by atoms with Gasteiger partial charge >= 0.3 is 0 Å². The van der Waals surface area contributed by atoms with Crippen LogP contribution in [0.2, 0.25) is 0 Å². The van der Waals surface area contributed by atoms with Crippen molar-refractivity contribution < 1.29 is 0 Å². The molecule has 3 aromatic rings. The first-order valence-corrected chi connectivity index (χ1v) is 7.18. The second kappa shape index (κ2) is 4.98. The van der Waals surface area contributed by atoms with Crippen LogP contribution < -0.4 is 10.2 Å². The molecule has 0 unspecified atom stereocenters. The number of rotatable bonds is 2. The highest BCUT2D eigenvalue weighted by Gasteiger charge is 2.21. The molecule has 1 aliphatic rings. The molecule has 0 aliphatic carbocycles. The molecule has 102 valence electrons. The number of para-hydroxylation sites is 4. The summed E-state index contributed by atoms with van der Waals surface area (Å²) in [7, 11) is 0. The molecule has 1 N–H and O–H groups in total. The Labute approximate surface area is 124 Å². The van der Waals surface area contributed by atoms with Gasteiger partial charge in [-0.1, -0.05) is 54.6 Å². The topological polar surface area (TPSA) is 15.3 Å². The van der Waals surface area contributed by atoms with E-state index >= 15 is 0 Å². The molecule has 0 fully saturated rings. The van der Waals surface area contributed by atoms with Crippen molar-refractivity contribution in [1.82, 2.24) is 0 Å². The molecule has 0 spiro atoms.